The van der Waals surface area contributed by atoms with Gasteiger partial charge >= 0.3 is 0 Å². The summed E-state index contributed by atoms with van der Waals surface area (Å²) in [5, 5.41) is 6.78. The monoisotopic (exact) mass is 463 g/mol. The van der Waals surface area contributed by atoms with Gasteiger partial charge in [0.1, 0.15) is 0 Å². The summed E-state index contributed by atoms with van der Waals surface area (Å²) in [5.41, 5.74) is 2.79. The van der Waals surface area contributed by atoms with Crippen LogP contribution in [-0.4, -0.2) is 13.6 Å². The summed E-state index contributed by atoms with van der Waals surface area (Å²) in [6.07, 6.45) is 2.51. The maximum Gasteiger partial charge on any atom is 0.0372 e. The van der Waals surface area contributed by atoms with Gasteiger partial charge in [-0.05, 0) is 24.5 Å². The minimum atomic E-state index is 0. The van der Waals surface area contributed by atoms with E-state index in [0.717, 1.165) is 6.54 Å². The molecule has 0 fully saturated rings. The Labute approximate surface area is 126 Å². The molecule has 1 atom stereocenters. The Morgan fingerprint density at radius 3 is 2.38 bits per heavy atom. The number of fused-ring (bicyclic) bond motifs is 1. The van der Waals surface area contributed by atoms with Crippen molar-refractivity contribution in [3.63, 3.8) is 0 Å². The van der Waals surface area contributed by atoms with E-state index in [2.05, 4.69) is 44.1 Å². The smallest absolute Gasteiger partial charge is 0.0372 e. The van der Waals surface area contributed by atoms with Crippen LogP contribution in [0.15, 0.2) is 24.3 Å². The van der Waals surface area contributed by atoms with Gasteiger partial charge in [0, 0.05) is 43.3 Å². The standard InChI is InChI=1S/C9H11N.C2H6.CH5NP.U/c1-2-6-9-8(4-1)5-3-7-10-9;1-2;1-2-3;/h1-2,4,6,10H,3,5,7H2;1-2H3;3H2,1H3;/q;;-1;. The predicted molar refractivity (Wildman–Crippen MR) is 73.6 cm³/mol. The van der Waals surface area contributed by atoms with Gasteiger partial charge in [0.05, 0.1) is 0 Å². The van der Waals surface area contributed by atoms with Gasteiger partial charge in [0.15, 0.2) is 0 Å². The largest absolute Gasteiger partial charge is 0.644 e. The van der Waals surface area contributed by atoms with Gasteiger partial charge in [-0.3, -0.25) is 9.39 Å². The zero-order valence-corrected chi connectivity index (χ0v) is 15.8. The van der Waals surface area contributed by atoms with E-state index in [0.29, 0.717) is 0 Å². The van der Waals surface area contributed by atoms with E-state index in [1.165, 1.54) is 24.1 Å². The Kier molecular flexibility index (Phi) is 15.9. The molecule has 1 N–H and O–H groups in total. The number of benzene rings is 1. The number of rotatable bonds is 0. The summed E-state index contributed by atoms with van der Waals surface area (Å²) in [5.74, 6) is 0. The Morgan fingerprint density at radius 1 is 1.25 bits per heavy atom. The molecular formula is C12H22N2PU-. The maximum atomic E-state index is 3.42. The molecule has 1 heterocycles. The molecule has 1 aliphatic rings. The SMILES string of the molecule is CC.C[N-]P.[U].c1ccc2c(c1)CCCN2. The van der Waals surface area contributed by atoms with Crippen molar-refractivity contribution in [3.05, 3.63) is 34.9 Å². The molecule has 0 saturated carbocycles. The van der Waals surface area contributed by atoms with Gasteiger partial charge in [-0.25, -0.2) is 0 Å². The first-order chi connectivity index (χ1) is 7.38. The average molecular weight is 463 g/mol. The second kappa shape index (κ2) is 13.5. The minimum absolute atomic E-state index is 0. The molecule has 1 aromatic rings. The molecule has 2 nitrogen and oxygen atoms in total. The van der Waals surface area contributed by atoms with Gasteiger partial charge in [-0.2, -0.15) is 7.05 Å². The molecular weight excluding hydrogens is 441 g/mol. The molecule has 0 aliphatic carbocycles. The third kappa shape index (κ3) is 7.69. The Bertz CT molecular complexity index is 232. The van der Waals surface area contributed by atoms with Crippen molar-refractivity contribution in [1.29, 1.82) is 0 Å². The molecule has 0 radical (unpaired) electrons. The van der Waals surface area contributed by atoms with E-state index in [-0.39, 0.29) is 31.1 Å². The summed E-state index contributed by atoms with van der Waals surface area (Å²) in [6, 6.07) is 8.53. The van der Waals surface area contributed by atoms with Crippen molar-refractivity contribution >= 4 is 15.1 Å². The van der Waals surface area contributed by atoms with Crippen molar-refractivity contribution in [2.45, 2.75) is 26.7 Å². The summed E-state index contributed by atoms with van der Waals surface area (Å²) in [6.45, 7) is 5.14. The van der Waals surface area contributed by atoms with Crippen molar-refractivity contribution in [2.75, 3.05) is 18.9 Å². The Morgan fingerprint density at radius 2 is 1.81 bits per heavy atom. The molecule has 0 saturated heterocycles. The molecule has 0 aromatic heterocycles. The van der Waals surface area contributed by atoms with Crippen molar-refractivity contribution < 1.29 is 31.1 Å². The van der Waals surface area contributed by atoms with Crippen molar-refractivity contribution in [2.24, 2.45) is 0 Å². The van der Waals surface area contributed by atoms with Crippen LogP contribution in [0.3, 0.4) is 0 Å². The molecule has 0 spiro atoms. The van der Waals surface area contributed by atoms with Gasteiger partial charge in [0.2, 0.25) is 0 Å². The maximum absolute atomic E-state index is 3.42. The molecule has 1 aliphatic heterocycles. The first-order valence-corrected chi connectivity index (χ1v) is 6.01. The molecule has 90 valence electrons. The first-order valence-electron chi connectivity index (χ1n) is 5.49. The van der Waals surface area contributed by atoms with E-state index in [4.69, 9.17) is 0 Å². The third-order valence-corrected chi connectivity index (χ3v) is 1.96. The Balaban J connectivity index is 0. The van der Waals surface area contributed by atoms with Crippen LogP contribution in [0.25, 0.3) is 5.09 Å². The molecule has 16 heavy (non-hydrogen) atoms. The van der Waals surface area contributed by atoms with Crippen LogP contribution in [0.1, 0.15) is 25.8 Å². The fraction of sp³-hybridized carbons (Fsp3) is 0.500. The van der Waals surface area contributed by atoms with E-state index < -0.39 is 0 Å². The van der Waals surface area contributed by atoms with Crippen LogP contribution in [0.5, 0.6) is 0 Å². The zero-order chi connectivity index (χ0) is 11.5. The van der Waals surface area contributed by atoms with Crippen LogP contribution >= 0.6 is 9.39 Å². The Hall–Kier alpha value is 0.462. The quantitative estimate of drug-likeness (QED) is 0.582. The predicted octanol–water partition coefficient (Wildman–Crippen LogP) is 3.85. The first kappa shape index (κ1) is 18.8. The normalized spacial score (nSPS) is 11.2. The molecule has 1 unspecified atom stereocenters. The van der Waals surface area contributed by atoms with E-state index >= 15 is 0 Å². The van der Waals surface area contributed by atoms with Crippen LogP contribution in [0, 0.1) is 31.1 Å². The molecule has 2 rings (SSSR count). The van der Waals surface area contributed by atoms with Crippen molar-refractivity contribution in [3.8, 4) is 0 Å². The van der Waals surface area contributed by atoms with Crippen LogP contribution < -0.4 is 5.32 Å². The third-order valence-electron chi connectivity index (χ3n) is 1.96. The van der Waals surface area contributed by atoms with Crippen LogP contribution in [-0.2, 0) is 6.42 Å². The van der Waals surface area contributed by atoms with Gasteiger partial charge in [0.25, 0.3) is 0 Å². The van der Waals surface area contributed by atoms with Gasteiger partial charge < -0.3 is 10.4 Å². The van der Waals surface area contributed by atoms with E-state index in [1.807, 2.05) is 13.8 Å². The molecule has 0 amide bonds. The molecule has 0 bridgehead atoms. The molecule has 4 heteroatoms. The number of hydrogen-bond donors (Lipinski definition) is 1. The second-order valence-corrected chi connectivity index (χ2v) is 3.46. The number of nitrogens with one attached hydrogen (secondary N) is 1. The average Bonchev–Trinajstić information content (AvgIpc) is 2.33. The summed E-state index contributed by atoms with van der Waals surface area (Å²) >= 11 is 0. The zero-order valence-electron chi connectivity index (χ0n) is 10.5. The van der Waals surface area contributed by atoms with Crippen LogP contribution in [0.2, 0.25) is 0 Å². The van der Waals surface area contributed by atoms with E-state index in [9.17, 15) is 0 Å². The fourth-order valence-electron chi connectivity index (χ4n) is 1.41. The topological polar surface area (TPSA) is 26.1 Å². The molecule has 1 aromatic carbocycles. The number of aryl methyl sites for hydroxylation is 1. The van der Waals surface area contributed by atoms with Gasteiger partial charge in [-0.15, -0.1) is 0 Å². The van der Waals surface area contributed by atoms with Crippen molar-refractivity contribution in [1.82, 2.24) is 0 Å². The second-order valence-electron chi connectivity index (χ2n) is 2.95. The number of nitrogens with zero attached hydrogens (tertiary/aromatic N) is 1. The number of para-hydroxylation sites is 1. The number of hydrogen-bond acceptors (Lipinski definition) is 1. The van der Waals surface area contributed by atoms with Gasteiger partial charge in [-0.1, -0.05) is 32.0 Å². The summed E-state index contributed by atoms with van der Waals surface area (Å²) < 4.78 is 0. The van der Waals surface area contributed by atoms with E-state index in [1.54, 1.807) is 7.05 Å². The minimum Gasteiger partial charge on any atom is -0.644 e. The summed E-state index contributed by atoms with van der Waals surface area (Å²) in [4.78, 5) is 0. The van der Waals surface area contributed by atoms with Crippen LogP contribution in [0.4, 0.5) is 5.69 Å². The summed E-state index contributed by atoms with van der Waals surface area (Å²) in [7, 11) is 3.92. The number of anilines is 1. The fourth-order valence-corrected chi connectivity index (χ4v) is 1.41.